The van der Waals surface area contributed by atoms with Crippen molar-refractivity contribution in [2.75, 3.05) is 17.2 Å². The molecule has 0 atom stereocenters. The summed E-state index contributed by atoms with van der Waals surface area (Å²) in [4.78, 5) is 41.4. The zero-order chi connectivity index (χ0) is 34.8. The molecular formula is C33H23Br2Cl2N9O3. The van der Waals surface area contributed by atoms with Gasteiger partial charge in [-0.3, -0.25) is 25.0 Å². The number of halogens is 4. The van der Waals surface area contributed by atoms with Crippen LogP contribution in [-0.4, -0.2) is 49.0 Å². The lowest BCUT2D eigenvalue weighted by Gasteiger charge is -2.11. The standard InChI is InChI=1S/C17H12BrClN4.C16H11BrClN5O3/c1-9-7-21-17-15(9)23-16(10-4-2-3-5-12(10)19)11-8-20-14(18)6-13(11)22-17;1-8-14(23(25)26)16(22-21-8)20-12-6-13(17)19-7-10(12)15(24)9-4-2-3-5-11(9)18/h2-6,8H,7H2,1H3,(H,21,22);2-7H,1H3,(H2,19,20,21,22). The molecule has 16 heteroatoms. The average molecular weight is 824 g/mol. The Labute approximate surface area is 306 Å². The summed E-state index contributed by atoms with van der Waals surface area (Å²) in [6.07, 6.45) is 3.16. The number of amidine groups is 1. The summed E-state index contributed by atoms with van der Waals surface area (Å²) >= 11 is 19.2. The molecule has 2 aromatic carbocycles. The van der Waals surface area contributed by atoms with Crippen LogP contribution in [0.25, 0.3) is 0 Å². The van der Waals surface area contributed by atoms with Crippen LogP contribution in [0.2, 0.25) is 10.0 Å². The van der Waals surface area contributed by atoms with E-state index in [1.165, 1.54) is 19.2 Å². The lowest BCUT2D eigenvalue weighted by atomic mass is 10.0. The molecule has 0 saturated carbocycles. The third-order valence-electron chi connectivity index (χ3n) is 7.42. The highest BCUT2D eigenvalue weighted by molar-refractivity contribution is 9.10. The van der Waals surface area contributed by atoms with Gasteiger partial charge in [0.1, 0.15) is 20.6 Å². The van der Waals surface area contributed by atoms with Crippen molar-refractivity contribution in [1.82, 2.24) is 20.2 Å². The number of nitrogens with zero attached hydrogens (tertiary/aromatic N) is 6. The van der Waals surface area contributed by atoms with Gasteiger partial charge in [0, 0.05) is 34.1 Å². The Hall–Kier alpha value is -4.76. The second kappa shape index (κ2) is 14.4. The third-order valence-corrected chi connectivity index (χ3v) is 8.95. The number of hydrogen-bond acceptors (Lipinski definition) is 10. The largest absolute Gasteiger partial charge is 0.338 e. The Morgan fingerprint density at radius 3 is 2.37 bits per heavy atom. The highest BCUT2D eigenvalue weighted by Gasteiger charge is 2.27. The highest BCUT2D eigenvalue weighted by atomic mass is 79.9. The molecule has 5 aromatic rings. The number of aromatic amines is 1. The molecule has 246 valence electrons. The number of carbonyl (C=O) groups is 1. The van der Waals surface area contributed by atoms with Crippen molar-refractivity contribution in [3.63, 3.8) is 0 Å². The van der Waals surface area contributed by atoms with Gasteiger partial charge in [0.25, 0.3) is 0 Å². The van der Waals surface area contributed by atoms with Crippen molar-refractivity contribution in [3.8, 4) is 0 Å². The molecule has 0 radical (unpaired) electrons. The number of anilines is 3. The van der Waals surface area contributed by atoms with Crippen molar-refractivity contribution >= 4 is 95.3 Å². The van der Waals surface area contributed by atoms with Gasteiger partial charge in [-0.1, -0.05) is 53.5 Å². The third kappa shape index (κ3) is 7.17. The minimum absolute atomic E-state index is 0.00110. The van der Waals surface area contributed by atoms with Crippen molar-refractivity contribution in [1.29, 1.82) is 0 Å². The van der Waals surface area contributed by atoms with Crippen LogP contribution in [0.15, 0.2) is 104 Å². The van der Waals surface area contributed by atoms with Crippen LogP contribution in [0.5, 0.6) is 0 Å². The van der Waals surface area contributed by atoms with Crippen molar-refractivity contribution in [2.24, 2.45) is 9.98 Å². The number of hydrogen-bond donors (Lipinski definition) is 3. The Morgan fingerprint density at radius 1 is 0.939 bits per heavy atom. The summed E-state index contributed by atoms with van der Waals surface area (Å²) < 4.78 is 1.20. The van der Waals surface area contributed by atoms with Crippen molar-refractivity contribution in [3.05, 3.63) is 142 Å². The Morgan fingerprint density at radius 2 is 1.63 bits per heavy atom. The van der Waals surface area contributed by atoms with E-state index in [1.807, 2.05) is 37.3 Å². The van der Waals surface area contributed by atoms with E-state index in [1.54, 1.807) is 30.5 Å². The van der Waals surface area contributed by atoms with E-state index in [9.17, 15) is 14.9 Å². The highest BCUT2D eigenvalue weighted by Crippen LogP contribution is 2.33. The van der Waals surface area contributed by atoms with Gasteiger partial charge >= 0.3 is 5.69 Å². The quantitative estimate of drug-likeness (QED) is 0.0662. The summed E-state index contributed by atoms with van der Waals surface area (Å²) in [5.41, 5.74) is 6.43. The summed E-state index contributed by atoms with van der Waals surface area (Å²) in [6, 6.07) is 17.8. The zero-order valence-corrected chi connectivity index (χ0v) is 30.2. The minimum atomic E-state index is -0.549. The van der Waals surface area contributed by atoms with Gasteiger partial charge in [0.05, 0.1) is 39.1 Å². The Balaban J connectivity index is 0.000000171. The molecule has 0 amide bonds. The van der Waals surface area contributed by atoms with Gasteiger partial charge in [0.15, 0.2) is 11.6 Å². The van der Waals surface area contributed by atoms with Crippen LogP contribution in [0.3, 0.4) is 0 Å². The number of fused-ring (bicyclic) bond motifs is 2. The molecule has 2 aliphatic heterocycles. The number of rotatable bonds is 6. The summed E-state index contributed by atoms with van der Waals surface area (Å²) in [5.74, 6) is 0.427. The molecule has 0 unspecified atom stereocenters. The maximum atomic E-state index is 12.9. The molecule has 0 saturated heterocycles. The van der Waals surface area contributed by atoms with Crippen LogP contribution in [-0.2, 0) is 0 Å². The molecule has 3 N–H and O–H groups in total. The number of pyridine rings is 2. The monoisotopic (exact) mass is 821 g/mol. The van der Waals surface area contributed by atoms with E-state index >= 15 is 0 Å². The molecule has 0 bridgehead atoms. The predicted octanol–water partition coefficient (Wildman–Crippen LogP) is 8.86. The number of aliphatic imine (C=N–C) groups is 2. The van der Waals surface area contributed by atoms with E-state index in [-0.39, 0.29) is 22.9 Å². The molecule has 0 fully saturated rings. The van der Waals surface area contributed by atoms with Gasteiger partial charge in [-0.15, -0.1) is 5.10 Å². The fourth-order valence-corrected chi connectivity index (χ4v) is 6.15. The molecular weight excluding hydrogens is 801 g/mol. The number of nitro groups is 1. The fourth-order valence-electron chi connectivity index (χ4n) is 5.04. The number of carbonyl (C=O) groups excluding carboxylic acids is 1. The Kier molecular flexibility index (Phi) is 10.0. The topological polar surface area (TPSA) is 163 Å². The number of aryl methyl sites for hydroxylation is 1. The first-order valence-electron chi connectivity index (χ1n) is 14.4. The lowest BCUT2D eigenvalue weighted by molar-refractivity contribution is -0.384. The molecule has 0 spiro atoms. The summed E-state index contributed by atoms with van der Waals surface area (Å²) in [7, 11) is 0. The SMILES string of the molecule is CC1=C2N=C(c3ccccc3Cl)c3cnc(Br)cc3NC2=NC1.Cc1[nH]nc(Nc2cc(Br)ncc2C(=O)c2ccccc2Cl)c1[N+](=O)[O-]. The van der Waals surface area contributed by atoms with E-state index < -0.39 is 4.92 Å². The number of benzene rings is 2. The van der Waals surface area contributed by atoms with Gasteiger partial charge in [-0.05, 0) is 81.6 Å². The summed E-state index contributed by atoms with van der Waals surface area (Å²) in [5, 5.41) is 24.9. The molecule has 3 aromatic heterocycles. The first kappa shape index (κ1) is 34.1. The second-order valence-electron chi connectivity index (χ2n) is 10.7. The van der Waals surface area contributed by atoms with Crippen LogP contribution in [0.1, 0.15) is 39.7 Å². The van der Waals surface area contributed by atoms with Gasteiger partial charge in [-0.2, -0.15) is 0 Å². The fraction of sp³-hybridized carbons (Fsp3) is 0.0909. The normalized spacial score (nSPS) is 13.2. The lowest BCUT2D eigenvalue weighted by Crippen LogP contribution is -2.11. The van der Waals surface area contributed by atoms with Crippen molar-refractivity contribution < 1.29 is 9.72 Å². The van der Waals surface area contributed by atoms with Crippen LogP contribution < -0.4 is 10.6 Å². The maximum absolute atomic E-state index is 12.9. The predicted molar refractivity (Wildman–Crippen MR) is 198 cm³/mol. The molecule has 12 nitrogen and oxygen atoms in total. The number of aromatic nitrogens is 4. The van der Waals surface area contributed by atoms with Gasteiger partial charge < -0.3 is 10.6 Å². The summed E-state index contributed by atoms with van der Waals surface area (Å²) in [6.45, 7) is 4.25. The average Bonchev–Trinajstić information content (AvgIpc) is 3.56. The number of ketones is 1. The first-order valence-corrected chi connectivity index (χ1v) is 16.8. The van der Waals surface area contributed by atoms with Crippen molar-refractivity contribution in [2.45, 2.75) is 13.8 Å². The van der Waals surface area contributed by atoms with Gasteiger partial charge in [0.2, 0.25) is 5.82 Å². The molecule has 0 aliphatic carbocycles. The molecule has 7 rings (SSSR count). The second-order valence-corrected chi connectivity index (χ2v) is 13.1. The van der Waals surface area contributed by atoms with E-state index in [4.69, 9.17) is 28.2 Å². The zero-order valence-electron chi connectivity index (χ0n) is 25.6. The number of nitrogens with one attached hydrogen (secondary N) is 3. The van der Waals surface area contributed by atoms with E-state index in [0.717, 1.165) is 44.2 Å². The maximum Gasteiger partial charge on any atom is 0.333 e. The first-order chi connectivity index (χ1) is 23.5. The number of H-pyrrole nitrogens is 1. The molecule has 2 aliphatic rings. The molecule has 49 heavy (non-hydrogen) atoms. The van der Waals surface area contributed by atoms with Crippen LogP contribution in [0, 0.1) is 17.0 Å². The smallest absolute Gasteiger partial charge is 0.333 e. The minimum Gasteiger partial charge on any atom is -0.338 e. The van der Waals surface area contributed by atoms with Crippen LogP contribution in [0.4, 0.5) is 22.9 Å². The van der Waals surface area contributed by atoms with E-state index in [2.05, 4.69) is 67.7 Å². The Bertz CT molecular complexity index is 2250. The molecule has 5 heterocycles. The van der Waals surface area contributed by atoms with Gasteiger partial charge in [-0.25, -0.2) is 15.0 Å². The van der Waals surface area contributed by atoms with Crippen LogP contribution >= 0.6 is 55.1 Å². The van der Waals surface area contributed by atoms with E-state index in [0.29, 0.717) is 38.1 Å².